The van der Waals surface area contributed by atoms with Crippen molar-refractivity contribution in [3.05, 3.63) is 29.8 Å². The van der Waals surface area contributed by atoms with Gasteiger partial charge in [-0.3, -0.25) is 0 Å². The number of benzene rings is 1. The highest BCUT2D eigenvalue weighted by Gasteiger charge is 2.36. The van der Waals surface area contributed by atoms with E-state index in [0.717, 1.165) is 30.8 Å². The van der Waals surface area contributed by atoms with Crippen LogP contribution in [-0.4, -0.2) is 19.8 Å². The number of ether oxygens (including phenoxy) is 3. The minimum Gasteiger partial charge on any atom is -0.494 e. The third-order valence-electron chi connectivity index (χ3n) is 3.78. The second-order valence-electron chi connectivity index (χ2n) is 5.24. The molecule has 2 rings (SSSR count). The van der Waals surface area contributed by atoms with Gasteiger partial charge in [0.1, 0.15) is 5.75 Å². The highest BCUT2D eigenvalue weighted by atomic mass is 16.7. The summed E-state index contributed by atoms with van der Waals surface area (Å²) in [5, 5.41) is 0. The third kappa shape index (κ3) is 3.74. The molecule has 0 N–H and O–H groups in total. The summed E-state index contributed by atoms with van der Waals surface area (Å²) >= 11 is 0. The summed E-state index contributed by atoms with van der Waals surface area (Å²) in [6, 6.07) is 8.13. The molecule has 1 aliphatic heterocycles. The van der Waals surface area contributed by atoms with Crippen molar-refractivity contribution < 1.29 is 14.2 Å². The Bertz CT molecular complexity index is 380. The monoisotopic (exact) mass is 278 g/mol. The second kappa shape index (κ2) is 7.65. The second-order valence-corrected chi connectivity index (χ2v) is 5.24. The minimum atomic E-state index is -0.542. The summed E-state index contributed by atoms with van der Waals surface area (Å²) in [5.74, 6) is 0.383. The fourth-order valence-electron chi connectivity index (χ4n) is 2.55. The lowest BCUT2D eigenvalue weighted by molar-refractivity contribution is -0.167. The lowest BCUT2D eigenvalue weighted by Crippen LogP contribution is -2.25. The van der Waals surface area contributed by atoms with Gasteiger partial charge >= 0.3 is 0 Å². The van der Waals surface area contributed by atoms with Gasteiger partial charge in [0.25, 0.3) is 0 Å². The largest absolute Gasteiger partial charge is 0.494 e. The fourth-order valence-corrected chi connectivity index (χ4v) is 2.55. The lowest BCUT2D eigenvalue weighted by atomic mass is 10.0. The van der Waals surface area contributed by atoms with Crippen molar-refractivity contribution in [2.75, 3.05) is 19.8 Å². The molecule has 1 aromatic rings. The zero-order chi connectivity index (χ0) is 14.3. The molecule has 3 nitrogen and oxygen atoms in total. The maximum Gasteiger partial charge on any atom is 0.194 e. The van der Waals surface area contributed by atoms with Gasteiger partial charge in [-0.05, 0) is 30.7 Å². The number of hydrogen-bond acceptors (Lipinski definition) is 3. The van der Waals surface area contributed by atoms with Crippen molar-refractivity contribution in [1.29, 1.82) is 0 Å². The topological polar surface area (TPSA) is 27.7 Å². The van der Waals surface area contributed by atoms with Crippen LogP contribution in [0.25, 0.3) is 0 Å². The van der Waals surface area contributed by atoms with Crippen LogP contribution in [0.2, 0.25) is 0 Å². The Labute approximate surface area is 122 Å². The molecule has 0 amide bonds. The van der Waals surface area contributed by atoms with Crippen LogP contribution in [0.4, 0.5) is 0 Å². The van der Waals surface area contributed by atoms with Crippen molar-refractivity contribution in [3.63, 3.8) is 0 Å². The number of hydrogen-bond donors (Lipinski definition) is 0. The first-order chi connectivity index (χ1) is 9.80. The van der Waals surface area contributed by atoms with Crippen molar-refractivity contribution in [1.82, 2.24) is 0 Å². The van der Waals surface area contributed by atoms with Gasteiger partial charge in [0.05, 0.1) is 19.8 Å². The summed E-state index contributed by atoms with van der Waals surface area (Å²) in [6.07, 6.45) is 5.74. The van der Waals surface area contributed by atoms with E-state index in [9.17, 15) is 0 Å². The molecule has 1 fully saturated rings. The predicted molar refractivity (Wildman–Crippen MR) is 80.0 cm³/mol. The van der Waals surface area contributed by atoms with Crippen LogP contribution >= 0.6 is 0 Å². The van der Waals surface area contributed by atoms with E-state index in [1.54, 1.807) is 0 Å². The Hall–Kier alpha value is -1.06. The Kier molecular flexibility index (Phi) is 5.86. The van der Waals surface area contributed by atoms with Crippen LogP contribution in [0.15, 0.2) is 24.3 Å². The van der Waals surface area contributed by atoms with E-state index in [2.05, 4.69) is 26.0 Å². The van der Waals surface area contributed by atoms with Gasteiger partial charge < -0.3 is 14.2 Å². The smallest absolute Gasteiger partial charge is 0.194 e. The molecular weight excluding hydrogens is 252 g/mol. The van der Waals surface area contributed by atoms with Crippen LogP contribution in [0.1, 0.15) is 51.5 Å². The summed E-state index contributed by atoms with van der Waals surface area (Å²) < 4.78 is 17.3. The molecule has 1 aromatic carbocycles. The Morgan fingerprint density at radius 3 is 2.30 bits per heavy atom. The van der Waals surface area contributed by atoms with E-state index in [1.165, 1.54) is 19.3 Å². The summed E-state index contributed by atoms with van der Waals surface area (Å²) in [4.78, 5) is 0. The molecule has 0 radical (unpaired) electrons. The normalized spacial score (nSPS) is 17.3. The number of rotatable bonds is 8. The quantitative estimate of drug-likeness (QED) is 0.665. The zero-order valence-electron chi connectivity index (χ0n) is 12.7. The maximum atomic E-state index is 5.78. The van der Waals surface area contributed by atoms with E-state index >= 15 is 0 Å². The predicted octanol–water partition coefficient (Wildman–Crippen LogP) is 4.26. The molecule has 3 heteroatoms. The Morgan fingerprint density at radius 2 is 1.70 bits per heavy atom. The van der Waals surface area contributed by atoms with Crippen molar-refractivity contribution in [3.8, 4) is 5.75 Å². The maximum absolute atomic E-state index is 5.78. The minimum absolute atomic E-state index is 0.542. The van der Waals surface area contributed by atoms with E-state index in [4.69, 9.17) is 14.2 Å². The molecule has 0 bridgehead atoms. The molecule has 0 aromatic heterocycles. The van der Waals surface area contributed by atoms with Crippen LogP contribution in [0, 0.1) is 0 Å². The van der Waals surface area contributed by atoms with Crippen molar-refractivity contribution >= 4 is 0 Å². The third-order valence-corrected chi connectivity index (χ3v) is 3.78. The molecular formula is C17H26O3. The first-order valence-electron chi connectivity index (χ1n) is 7.82. The molecule has 1 saturated heterocycles. The molecule has 1 aliphatic rings. The van der Waals surface area contributed by atoms with Gasteiger partial charge in [-0.25, -0.2) is 0 Å². The van der Waals surface area contributed by atoms with Crippen molar-refractivity contribution in [2.24, 2.45) is 0 Å². The Balaban J connectivity index is 1.86. The highest BCUT2D eigenvalue weighted by molar-refractivity contribution is 5.30. The number of unbranched alkanes of at least 4 members (excludes halogenated alkanes) is 3. The molecule has 1 heterocycles. The van der Waals surface area contributed by atoms with Gasteiger partial charge in [0, 0.05) is 12.0 Å². The molecule has 0 atom stereocenters. The van der Waals surface area contributed by atoms with E-state index < -0.39 is 5.79 Å². The van der Waals surface area contributed by atoms with Gasteiger partial charge in [-0.15, -0.1) is 0 Å². The average Bonchev–Trinajstić information content (AvgIpc) is 2.98. The van der Waals surface area contributed by atoms with Crippen molar-refractivity contribution in [2.45, 2.75) is 51.7 Å². The van der Waals surface area contributed by atoms with Gasteiger partial charge in [-0.1, -0.05) is 33.1 Å². The average molecular weight is 278 g/mol. The summed E-state index contributed by atoms with van der Waals surface area (Å²) in [7, 11) is 0. The van der Waals surface area contributed by atoms with E-state index in [0.29, 0.717) is 13.2 Å². The zero-order valence-corrected chi connectivity index (χ0v) is 12.7. The van der Waals surface area contributed by atoms with Crippen LogP contribution in [0.5, 0.6) is 5.75 Å². The molecule has 0 unspecified atom stereocenters. The summed E-state index contributed by atoms with van der Waals surface area (Å²) in [5.41, 5.74) is 1.08. The van der Waals surface area contributed by atoms with Gasteiger partial charge in [-0.2, -0.15) is 0 Å². The van der Waals surface area contributed by atoms with Gasteiger partial charge in [0.2, 0.25) is 0 Å². The first kappa shape index (κ1) is 15.3. The molecule has 112 valence electrons. The van der Waals surface area contributed by atoms with E-state index in [1.807, 2.05) is 12.1 Å². The van der Waals surface area contributed by atoms with Crippen LogP contribution < -0.4 is 4.74 Å². The molecule has 20 heavy (non-hydrogen) atoms. The summed E-state index contributed by atoms with van der Waals surface area (Å²) in [6.45, 7) is 6.44. The first-order valence-corrected chi connectivity index (χ1v) is 7.82. The molecule has 0 saturated carbocycles. The lowest BCUT2D eigenvalue weighted by Gasteiger charge is -2.26. The Morgan fingerprint density at radius 1 is 1.00 bits per heavy atom. The van der Waals surface area contributed by atoms with Crippen LogP contribution in [0.3, 0.4) is 0 Å². The molecule has 0 spiro atoms. The standard InChI is InChI=1S/C17H26O3/c1-3-5-6-7-12-18-16-10-8-15(9-11-16)17(4-2)19-13-14-20-17/h8-11H,3-7,12-14H2,1-2H3. The van der Waals surface area contributed by atoms with E-state index in [-0.39, 0.29) is 0 Å². The molecule has 0 aliphatic carbocycles. The van der Waals surface area contributed by atoms with Crippen LogP contribution in [-0.2, 0) is 15.3 Å². The fraction of sp³-hybridized carbons (Fsp3) is 0.647. The van der Waals surface area contributed by atoms with Gasteiger partial charge in [0.15, 0.2) is 5.79 Å². The SMILES string of the molecule is CCCCCCOc1ccc(C2(CC)OCCO2)cc1. The highest BCUT2D eigenvalue weighted by Crippen LogP contribution is 2.35.